The molecule has 96 valence electrons. The van der Waals surface area contributed by atoms with Crippen LogP contribution in [-0.4, -0.2) is 16.2 Å². The van der Waals surface area contributed by atoms with Crippen molar-refractivity contribution in [1.82, 2.24) is 4.98 Å². The van der Waals surface area contributed by atoms with E-state index in [1.807, 2.05) is 36.4 Å². The van der Waals surface area contributed by atoms with Gasteiger partial charge in [-0.05, 0) is 37.3 Å². The number of thiazole rings is 1. The van der Waals surface area contributed by atoms with E-state index in [-0.39, 0.29) is 0 Å². The van der Waals surface area contributed by atoms with Gasteiger partial charge in [-0.1, -0.05) is 18.2 Å². The van der Waals surface area contributed by atoms with Crippen LogP contribution in [0.3, 0.4) is 0 Å². The molecule has 0 aliphatic heterocycles. The van der Waals surface area contributed by atoms with E-state index >= 15 is 0 Å². The Balaban J connectivity index is 1.93. The van der Waals surface area contributed by atoms with Crippen LogP contribution in [0.25, 0.3) is 27.1 Å². The number of para-hydroxylation sites is 1. The van der Waals surface area contributed by atoms with Gasteiger partial charge in [0.1, 0.15) is 5.76 Å². The summed E-state index contributed by atoms with van der Waals surface area (Å²) in [5.41, 5.74) is 0.986. The molecule has 0 spiro atoms. The first-order chi connectivity index (χ1) is 9.22. The highest BCUT2D eigenvalue weighted by Gasteiger charge is 2.09. The maximum absolute atomic E-state index is 9.19. The third kappa shape index (κ3) is 2.59. The van der Waals surface area contributed by atoms with Crippen LogP contribution in [0.2, 0.25) is 0 Å². The Morgan fingerprint density at radius 1 is 1.26 bits per heavy atom. The minimum Gasteiger partial charge on any atom is -0.454 e. The maximum Gasteiger partial charge on any atom is 0.163 e. The molecule has 0 radical (unpaired) electrons. The van der Waals surface area contributed by atoms with E-state index in [9.17, 15) is 5.11 Å². The molecule has 0 aliphatic carbocycles. The summed E-state index contributed by atoms with van der Waals surface area (Å²) in [5, 5.41) is 10.1. The Morgan fingerprint density at radius 2 is 2.11 bits per heavy atom. The number of benzene rings is 1. The highest BCUT2D eigenvalue weighted by Crippen LogP contribution is 2.31. The van der Waals surface area contributed by atoms with E-state index in [4.69, 9.17) is 4.42 Å². The third-order valence-electron chi connectivity index (χ3n) is 2.67. The second kappa shape index (κ2) is 4.99. The van der Waals surface area contributed by atoms with Crippen LogP contribution in [0.5, 0.6) is 0 Å². The van der Waals surface area contributed by atoms with Gasteiger partial charge in [-0.25, -0.2) is 4.98 Å². The molecule has 1 atom stereocenters. The number of nitrogens with zero attached hydrogens (tertiary/aromatic N) is 1. The van der Waals surface area contributed by atoms with E-state index in [1.165, 1.54) is 0 Å². The van der Waals surface area contributed by atoms with E-state index in [0.717, 1.165) is 26.7 Å². The highest BCUT2D eigenvalue weighted by molar-refractivity contribution is 7.21. The molecule has 0 saturated heterocycles. The second-order valence-corrected chi connectivity index (χ2v) is 5.32. The molecular formula is C15H13NO2S. The molecule has 2 aromatic heterocycles. The van der Waals surface area contributed by atoms with Crippen LogP contribution in [0, 0.1) is 0 Å². The number of furan rings is 1. The minimum atomic E-state index is -0.476. The summed E-state index contributed by atoms with van der Waals surface area (Å²) in [6.07, 6.45) is 2.97. The Kier molecular flexibility index (Phi) is 3.19. The Labute approximate surface area is 114 Å². The van der Waals surface area contributed by atoms with Gasteiger partial charge < -0.3 is 9.52 Å². The minimum absolute atomic E-state index is 0.476. The summed E-state index contributed by atoms with van der Waals surface area (Å²) in [5.74, 6) is 1.47. The largest absolute Gasteiger partial charge is 0.454 e. The summed E-state index contributed by atoms with van der Waals surface area (Å²) < 4.78 is 6.85. The van der Waals surface area contributed by atoms with Crippen molar-refractivity contribution in [1.29, 1.82) is 0 Å². The van der Waals surface area contributed by atoms with Crippen LogP contribution in [0.4, 0.5) is 0 Å². The summed E-state index contributed by atoms with van der Waals surface area (Å²) in [4.78, 5) is 4.54. The quantitative estimate of drug-likeness (QED) is 0.784. The van der Waals surface area contributed by atoms with Gasteiger partial charge in [-0.2, -0.15) is 0 Å². The van der Waals surface area contributed by atoms with E-state index in [2.05, 4.69) is 4.98 Å². The van der Waals surface area contributed by atoms with Crippen LogP contribution < -0.4 is 0 Å². The average molecular weight is 271 g/mol. The molecule has 3 rings (SSSR count). The molecule has 1 unspecified atom stereocenters. The number of aliphatic hydroxyl groups is 1. The Hall–Kier alpha value is -1.91. The molecule has 1 aromatic carbocycles. The van der Waals surface area contributed by atoms with E-state index in [1.54, 1.807) is 30.4 Å². The molecule has 19 heavy (non-hydrogen) atoms. The number of fused-ring (bicyclic) bond motifs is 1. The lowest BCUT2D eigenvalue weighted by Gasteiger charge is -1.91. The van der Waals surface area contributed by atoms with Crippen molar-refractivity contribution in [2.45, 2.75) is 13.0 Å². The van der Waals surface area contributed by atoms with Gasteiger partial charge in [0.15, 0.2) is 10.8 Å². The zero-order chi connectivity index (χ0) is 13.2. The molecule has 0 bridgehead atoms. The average Bonchev–Trinajstić information content (AvgIpc) is 3.02. The standard InChI is InChI=1S/C15H13NO2S/c1-10(17)6-7-11-8-9-13(18-11)15-16-12-4-2-3-5-14(12)19-15/h2-10,17H,1H3/b7-6+. The van der Waals surface area contributed by atoms with Gasteiger partial charge in [-0.3, -0.25) is 0 Å². The first-order valence-corrected chi connectivity index (χ1v) is 6.86. The summed E-state index contributed by atoms with van der Waals surface area (Å²) in [7, 11) is 0. The predicted octanol–water partition coefficient (Wildman–Crippen LogP) is 3.95. The zero-order valence-electron chi connectivity index (χ0n) is 10.4. The summed E-state index contributed by atoms with van der Waals surface area (Å²) in [6.45, 7) is 1.70. The van der Waals surface area contributed by atoms with Crippen LogP contribution in [0.15, 0.2) is 46.9 Å². The SMILES string of the molecule is CC(O)/C=C/c1ccc(-c2nc3ccccc3s2)o1. The Morgan fingerprint density at radius 3 is 2.89 bits per heavy atom. The van der Waals surface area contributed by atoms with Gasteiger partial charge in [0.25, 0.3) is 0 Å². The molecule has 0 amide bonds. The van der Waals surface area contributed by atoms with Gasteiger partial charge in [0, 0.05) is 0 Å². The normalized spacial score (nSPS) is 13.4. The molecule has 3 aromatic rings. The van der Waals surface area contributed by atoms with Gasteiger partial charge in [-0.15, -0.1) is 11.3 Å². The number of rotatable bonds is 3. The van der Waals surface area contributed by atoms with Crippen molar-refractivity contribution < 1.29 is 9.52 Å². The van der Waals surface area contributed by atoms with Crippen LogP contribution in [0.1, 0.15) is 12.7 Å². The number of hydrogen-bond acceptors (Lipinski definition) is 4. The van der Waals surface area contributed by atoms with Gasteiger partial charge in [0.2, 0.25) is 0 Å². The number of aromatic nitrogens is 1. The molecule has 0 fully saturated rings. The number of aliphatic hydroxyl groups excluding tert-OH is 1. The summed E-state index contributed by atoms with van der Waals surface area (Å²) >= 11 is 1.61. The summed E-state index contributed by atoms with van der Waals surface area (Å²) in [6, 6.07) is 11.8. The molecule has 1 N–H and O–H groups in total. The topological polar surface area (TPSA) is 46.3 Å². The Bertz CT molecular complexity index is 691. The van der Waals surface area contributed by atoms with E-state index in [0.29, 0.717) is 0 Å². The van der Waals surface area contributed by atoms with Gasteiger partial charge >= 0.3 is 0 Å². The van der Waals surface area contributed by atoms with Crippen LogP contribution in [-0.2, 0) is 0 Å². The van der Waals surface area contributed by atoms with Crippen molar-refractivity contribution in [2.75, 3.05) is 0 Å². The predicted molar refractivity (Wildman–Crippen MR) is 78.0 cm³/mol. The highest BCUT2D eigenvalue weighted by atomic mass is 32.1. The lowest BCUT2D eigenvalue weighted by Crippen LogP contribution is -1.90. The van der Waals surface area contributed by atoms with Crippen molar-refractivity contribution >= 4 is 27.6 Å². The fourth-order valence-corrected chi connectivity index (χ4v) is 2.70. The molecule has 3 nitrogen and oxygen atoms in total. The van der Waals surface area contributed by atoms with Crippen molar-refractivity contribution in [3.63, 3.8) is 0 Å². The van der Waals surface area contributed by atoms with Crippen LogP contribution >= 0.6 is 11.3 Å². The van der Waals surface area contributed by atoms with Crippen molar-refractivity contribution in [3.05, 3.63) is 48.2 Å². The molecule has 0 saturated carbocycles. The van der Waals surface area contributed by atoms with Crippen molar-refractivity contribution in [2.24, 2.45) is 0 Å². The second-order valence-electron chi connectivity index (χ2n) is 4.29. The first-order valence-electron chi connectivity index (χ1n) is 6.04. The van der Waals surface area contributed by atoms with Gasteiger partial charge in [0.05, 0.1) is 16.3 Å². The van der Waals surface area contributed by atoms with Crippen molar-refractivity contribution in [3.8, 4) is 10.8 Å². The molecule has 4 heteroatoms. The lowest BCUT2D eigenvalue weighted by molar-refractivity contribution is 0.245. The maximum atomic E-state index is 9.19. The lowest BCUT2D eigenvalue weighted by atomic mass is 10.3. The molecule has 2 heterocycles. The smallest absolute Gasteiger partial charge is 0.163 e. The molecular weight excluding hydrogens is 258 g/mol. The number of hydrogen-bond donors (Lipinski definition) is 1. The fourth-order valence-electron chi connectivity index (χ4n) is 1.77. The molecule has 0 aliphatic rings. The first kappa shape index (κ1) is 12.1. The zero-order valence-corrected chi connectivity index (χ0v) is 11.2. The third-order valence-corrected chi connectivity index (χ3v) is 3.72. The monoisotopic (exact) mass is 271 g/mol. The fraction of sp³-hybridized carbons (Fsp3) is 0.133. The van der Waals surface area contributed by atoms with E-state index < -0.39 is 6.10 Å².